The second-order valence-electron chi connectivity index (χ2n) is 10.1. The summed E-state index contributed by atoms with van der Waals surface area (Å²) in [5.41, 5.74) is 0.843. The van der Waals surface area contributed by atoms with Crippen LogP contribution >= 0.6 is 15.9 Å². The summed E-state index contributed by atoms with van der Waals surface area (Å²) >= 11 is 3.48. The summed E-state index contributed by atoms with van der Waals surface area (Å²) in [7, 11) is 0. The van der Waals surface area contributed by atoms with E-state index in [-0.39, 0.29) is 30.3 Å². The SMILES string of the molecule is O=C(CN1CN(c2ccccc2)C2(CCN(C(=O)c3ccccc3Br)CC2)C1=O)NC1CCCCC1. The lowest BCUT2D eigenvalue weighted by molar-refractivity contribution is -0.137. The zero-order chi connectivity index (χ0) is 25.1. The molecule has 0 bridgehead atoms. The zero-order valence-electron chi connectivity index (χ0n) is 20.5. The van der Waals surface area contributed by atoms with E-state index in [9.17, 15) is 14.4 Å². The van der Waals surface area contributed by atoms with Crippen molar-refractivity contribution in [2.45, 2.75) is 56.5 Å². The maximum atomic E-state index is 13.9. The van der Waals surface area contributed by atoms with Gasteiger partial charge in [-0.05, 0) is 65.9 Å². The Kier molecular flexibility index (Phi) is 7.32. The van der Waals surface area contributed by atoms with Gasteiger partial charge in [0.05, 0.1) is 12.2 Å². The lowest BCUT2D eigenvalue weighted by Crippen LogP contribution is -2.57. The number of nitrogens with zero attached hydrogens (tertiary/aromatic N) is 3. The van der Waals surface area contributed by atoms with Crippen molar-refractivity contribution < 1.29 is 14.4 Å². The summed E-state index contributed by atoms with van der Waals surface area (Å²) in [5.74, 6) is -0.127. The number of nitrogens with one attached hydrogen (secondary N) is 1. The largest absolute Gasteiger partial charge is 0.352 e. The molecule has 1 aliphatic carbocycles. The van der Waals surface area contributed by atoms with E-state index in [0.717, 1.165) is 35.8 Å². The normalized spacial score (nSPS) is 20.1. The van der Waals surface area contributed by atoms with E-state index in [1.165, 1.54) is 6.42 Å². The Hall–Kier alpha value is -2.87. The number of piperidine rings is 1. The first-order chi connectivity index (χ1) is 17.5. The molecule has 1 N–H and O–H groups in total. The van der Waals surface area contributed by atoms with Gasteiger partial charge < -0.3 is 20.0 Å². The van der Waals surface area contributed by atoms with Gasteiger partial charge in [0, 0.05) is 29.3 Å². The molecule has 5 rings (SSSR count). The maximum Gasteiger partial charge on any atom is 0.255 e. The Bertz CT molecular complexity index is 1110. The number of carbonyl (C=O) groups excluding carboxylic acids is 3. The van der Waals surface area contributed by atoms with Crippen LogP contribution in [0.5, 0.6) is 0 Å². The predicted molar refractivity (Wildman–Crippen MR) is 143 cm³/mol. The van der Waals surface area contributed by atoms with Crippen molar-refractivity contribution in [1.29, 1.82) is 0 Å². The summed E-state index contributed by atoms with van der Waals surface area (Å²) < 4.78 is 0.772. The summed E-state index contributed by atoms with van der Waals surface area (Å²) in [6.07, 6.45) is 6.60. The molecule has 0 aromatic heterocycles. The topological polar surface area (TPSA) is 73.0 Å². The first-order valence-electron chi connectivity index (χ1n) is 12.9. The summed E-state index contributed by atoms with van der Waals surface area (Å²) in [6.45, 7) is 1.41. The Morgan fingerprint density at radius 2 is 1.61 bits per heavy atom. The van der Waals surface area contributed by atoms with Crippen LogP contribution in [0.3, 0.4) is 0 Å². The number of likely N-dealkylation sites (tertiary alicyclic amines) is 1. The van der Waals surface area contributed by atoms with Gasteiger partial charge in [-0.2, -0.15) is 0 Å². The molecule has 0 radical (unpaired) electrons. The molecule has 2 heterocycles. The number of anilines is 1. The first kappa shape index (κ1) is 24.8. The van der Waals surface area contributed by atoms with E-state index in [2.05, 4.69) is 26.1 Å². The number of hydrogen-bond donors (Lipinski definition) is 1. The van der Waals surface area contributed by atoms with E-state index in [0.29, 0.717) is 38.2 Å². The molecule has 0 unspecified atom stereocenters. The molecule has 1 spiro atoms. The van der Waals surface area contributed by atoms with Gasteiger partial charge in [-0.15, -0.1) is 0 Å². The van der Waals surface area contributed by atoms with Gasteiger partial charge in [0.25, 0.3) is 11.8 Å². The molecule has 2 saturated heterocycles. The van der Waals surface area contributed by atoms with Crippen LogP contribution in [0.15, 0.2) is 59.1 Å². The van der Waals surface area contributed by atoms with Gasteiger partial charge in [0.2, 0.25) is 5.91 Å². The highest BCUT2D eigenvalue weighted by Crippen LogP contribution is 2.40. The third-order valence-corrected chi connectivity index (χ3v) is 8.56. The lowest BCUT2D eigenvalue weighted by Gasteiger charge is -2.43. The maximum absolute atomic E-state index is 13.9. The molecular weight excluding hydrogens is 520 g/mol. The number of carbonyl (C=O) groups is 3. The molecule has 36 heavy (non-hydrogen) atoms. The highest BCUT2D eigenvalue weighted by atomic mass is 79.9. The molecule has 3 amide bonds. The van der Waals surface area contributed by atoms with Gasteiger partial charge >= 0.3 is 0 Å². The molecule has 190 valence electrons. The molecule has 3 fully saturated rings. The van der Waals surface area contributed by atoms with Crippen molar-refractivity contribution in [3.63, 3.8) is 0 Å². The standard InChI is InChI=1S/C28H33BrN4O3/c29-24-14-8-7-13-23(24)26(35)31-17-15-28(16-18-31)27(36)32(20-33(28)22-11-5-2-6-12-22)19-25(34)30-21-9-3-1-4-10-21/h2,5-8,11-14,21H,1,3-4,9-10,15-20H2,(H,30,34). The Labute approximate surface area is 220 Å². The fraction of sp³-hybridized carbons (Fsp3) is 0.464. The van der Waals surface area contributed by atoms with Gasteiger partial charge in [-0.3, -0.25) is 14.4 Å². The van der Waals surface area contributed by atoms with Crippen LogP contribution in [-0.4, -0.2) is 65.4 Å². The van der Waals surface area contributed by atoms with Crippen molar-refractivity contribution in [3.8, 4) is 0 Å². The number of hydrogen-bond acceptors (Lipinski definition) is 4. The van der Waals surface area contributed by atoms with Crippen LogP contribution in [0.1, 0.15) is 55.3 Å². The molecule has 3 aliphatic rings. The van der Waals surface area contributed by atoms with Crippen LogP contribution in [-0.2, 0) is 9.59 Å². The Morgan fingerprint density at radius 1 is 0.944 bits per heavy atom. The van der Waals surface area contributed by atoms with E-state index >= 15 is 0 Å². The number of amides is 3. The Balaban J connectivity index is 1.32. The van der Waals surface area contributed by atoms with Crippen molar-refractivity contribution in [2.75, 3.05) is 31.2 Å². The molecule has 8 heteroatoms. The number of rotatable bonds is 5. The molecule has 2 aromatic rings. The van der Waals surface area contributed by atoms with Gasteiger partial charge in [-0.1, -0.05) is 49.6 Å². The highest BCUT2D eigenvalue weighted by Gasteiger charge is 2.54. The molecular formula is C28H33BrN4O3. The van der Waals surface area contributed by atoms with Crippen molar-refractivity contribution in [1.82, 2.24) is 15.1 Å². The monoisotopic (exact) mass is 552 g/mol. The van der Waals surface area contributed by atoms with Crippen LogP contribution in [0, 0.1) is 0 Å². The minimum atomic E-state index is -0.753. The van der Waals surface area contributed by atoms with Crippen LogP contribution in [0.4, 0.5) is 5.69 Å². The lowest BCUT2D eigenvalue weighted by atomic mass is 9.85. The smallest absolute Gasteiger partial charge is 0.255 e. The van der Waals surface area contributed by atoms with Crippen molar-refractivity contribution >= 4 is 39.3 Å². The van der Waals surface area contributed by atoms with Gasteiger partial charge in [-0.25, -0.2) is 0 Å². The third kappa shape index (κ3) is 4.88. The van der Waals surface area contributed by atoms with Gasteiger partial charge in [0.1, 0.15) is 12.1 Å². The average Bonchev–Trinajstić information content (AvgIpc) is 3.16. The molecule has 1 saturated carbocycles. The van der Waals surface area contributed by atoms with E-state index in [1.54, 1.807) is 4.90 Å². The van der Waals surface area contributed by atoms with Crippen LogP contribution in [0.2, 0.25) is 0 Å². The van der Waals surface area contributed by atoms with E-state index in [4.69, 9.17) is 0 Å². The fourth-order valence-electron chi connectivity index (χ4n) is 5.90. The van der Waals surface area contributed by atoms with Crippen LogP contribution < -0.4 is 10.2 Å². The van der Waals surface area contributed by atoms with Crippen LogP contribution in [0.25, 0.3) is 0 Å². The summed E-state index contributed by atoms with van der Waals surface area (Å²) in [5, 5.41) is 3.15. The third-order valence-electron chi connectivity index (χ3n) is 7.87. The minimum absolute atomic E-state index is 0.0156. The second-order valence-corrected chi connectivity index (χ2v) is 11.0. The average molecular weight is 554 g/mol. The highest BCUT2D eigenvalue weighted by molar-refractivity contribution is 9.10. The Morgan fingerprint density at radius 3 is 2.31 bits per heavy atom. The first-order valence-corrected chi connectivity index (χ1v) is 13.7. The van der Waals surface area contributed by atoms with Crippen molar-refractivity contribution in [2.24, 2.45) is 0 Å². The van der Waals surface area contributed by atoms with E-state index in [1.807, 2.05) is 59.5 Å². The number of benzene rings is 2. The summed E-state index contributed by atoms with van der Waals surface area (Å²) in [4.78, 5) is 45.6. The summed E-state index contributed by atoms with van der Waals surface area (Å²) in [6, 6.07) is 17.6. The van der Waals surface area contributed by atoms with Crippen molar-refractivity contribution in [3.05, 3.63) is 64.6 Å². The zero-order valence-corrected chi connectivity index (χ0v) is 22.1. The predicted octanol–water partition coefficient (Wildman–Crippen LogP) is 4.18. The van der Waals surface area contributed by atoms with Gasteiger partial charge in [0.15, 0.2) is 0 Å². The number of para-hydroxylation sites is 1. The molecule has 7 nitrogen and oxygen atoms in total. The second kappa shape index (κ2) is 10.6. The molecule has 0 atom stereocenters. The molecule has 2 aliphatic heterocycles. The number of halogens is 1. The fourth-order valence-corrected chi connectivity index (χ4v) is 6.36. The van der Waals surface area contributed by atoms with E-state index < -0.39 is 5.54 Å². The minimum Gasteiger partial charge on any atom is -0.352 e. The molecule has 2 aromatic carbocycles. The quantitative estimate of drug-likeness (QED) is 0.603.